The van der Waals surface area contributed by atoms with Crippen LogP contribution in [0.4, 0.5) is 0 Å². The van der Waals surface area contributed by atoms with E-state index in [4.69, 9.17) is 18.9 Å². The van der Waals surface area contributed by atoms with E-state index < -0.39 is 6.10 Å². The van der Waals surface area contributed by atoms with Crippen molar-refractivity contribution in [2.75, 3.05) is 13.4 Å². The number of esters is 1. The van der Waals surface area contributed by atoms with Crippen LogP contribution >= 0.6 is 0 Å². The van der Waals surface area contributed by atoms with Crippen molar-refractivity contribution in [3.8, 4) is 17.2 Å². The Balaban J connectivity index is 2.06. The molecule has 0 amide bonds. The molecule has 0 N–H and O–H groups in total. The monoisotopic (exact) mass is 266 g/mol. The number of ether oxygens (including phenoxy) is 4. The molecule has 1 aliphatic rings. The maximum Gasteiger partial charge on any atom is 0.347 e. The summed E-state index contributed by atoms with van der Waals surface area (Å²) in [5, 5.41) is 0. The molecule has 0 radical (unpaired) electrons. The first kappa shape index (κ1) is 13.5. The van der Waals surface area contributed by atoms with Crippen LogP contribution in [0.15, 0.2) is 18.2 Å². The SMILES string of the molecule is CCCOC(=O)C(CC)Oc1cccc2c1OCO2. The highest BCUT2D eigenvalue weighted by molar-refractivity contribution is 5.75. The van der Waals surface area contributed by atoms with Gasteiger partial charge in [-0.3, -0.25) is 0 Å². The van der Waals surface area contributed by atoms with Crippen LogP contribution < -0.4 is 14.2 Å². The van der Waals surface area contributed by atoms with Crippen molar-refractivity contribution in [3.05, 3.63) is 18.2 Å². The van der Waals surface area contributed by atoms with Gasteiger partial charge >= 0.3 is 5.97 Å². The van der Waals surface area contributed by atoms with E-state index in [1.807, 2.05) is 13.8 Å². The van der Waals surface area contributed by atoms with E-state index in [9.17, 15) is 4.79 Å². The number of carbonyl (C=O) groups excluding carboxylic acids is 1. The number of carbonyl (C=O) groups is 1. The Hall–Kier alpha value is -1.91. The second-order valence-corrected chi connectivity index (χ2v) is 4.17. The summed E-state index contributed by atoms with van der Waals surface area (Å²) in [6.07, 6.45) is 0.703. The lowest BCUT2D eigenvalue weighted by molar-refractivity contribution is -0.152. The number of fused-ring (bicyclic) bond motifs is 1. The smallest absolute Gasteiger partial charge is 0.347 e. The highest BCUT2D eigenvalue weighted by Gasteiger charge is 2.24. The molecule has 0 fully saturated rings. The molecule has 0 saturated heterocycles. The predicted molar refractivity (Wildman–Crippen MR) is 68.5 cm³/mol. The zero-order valence-corrected chi connectivity index (χ0v) is 11.2. The average molecular weight is 266 g/mol. The molecule has 1 aromatic carbocycles. The fourth-order valence-corrected chi connectivity index (χ4v) is 1.74. The van der Waals surface area contributed by atoms with Gasteiger partial charge in [0.2, 0.25) is 12.5 Å². The molecule has 1 heterocycles. The zero-order valence-electron chi connectivity index (χ0n) is 11.2. The van der Waals surface area contributed by atoms with Crippen LogP contribution in [0.1, 0.15) is 26.7 Å². The maximum atomic E-state index is 11.8. The Morgan fingerprint density at radius 3 is 2.95 bits per heavy atom. The maximum absolute atomic E-state index is 11.8. The lowest BCUT2D eigenvalue weighted by Gasteiger charge is -2.17. The molecule has 1 unspecified atom stereocenters. The summed E-state index contributed by atoms with van der Waals surface area (Å²) in [4.78, 5) is 11.8. The molecule has 1 aromatic rings. The molecular weight excluding hydrogens is 248 g/mol. The summed E-state index contributed by atoms with van der Waals surface area (Å²) in [5.74, 6) is 1.34. The molecule has 5 nitrogen and oxygen atoms in total. The summed E-state index contributed by atoms with van der Waals surface area (Å²) < 4.78 is 21.4. The van der Waals surface area contributed by atoms with Gasteiger partial charge in [0.15, 0.2) is 17.6 Å². The van der Waals surface area contributed by atoms with Crippen LogP contribution in [-0.4, -0.2) is 25.5 Å². The van der Waals surface area contributed by atoms with Crippen molar-refractivity contribution in [1.29, 1.82) is 0 Å². The van der Waals surface area contributed by atoms with Crippen molar-refractivity contribution in [2.24, 2.45) is 0 Å². The third-order valence-electron chi connectivity index (χ3n) is 2.71. The van der Waals surface area contributed by atoms with E-state index in [1.54, 1.807) is 18.2 Å². The molecule has 1 aliphatic heterocycles. The molecule has 5 heteroatoms. The quantitative estimate of drug-likeness (QED) is 0.740. The summed E-state index contributed by atoms with van der Waals surface area (Å²) in [6.45, 7) is 4.40. The zero-order chi connectivity index (χ0) is 13.7. The van der Waals surface area contributed by atoms with Gasteiger partial charge in [0.05, 0.1) is 6.61 Å². The Morgan fingerprint density at radius 1 is 1.37 bits per heavy atom. The molecule has 0 spiro atoms. The lowest BCUT2D eigenvalue weighted by atomic mass is 10.2. The van der Waals surface area contributed by atoms with Gasteiger partial charge in [-0.25, -0.2) is 4.79 Å². The van der Waals surface area contributed by atoms with Gasteiger partial charge in [-0.15, -0.1) is 0 Å². The fraction of sp³-hybridized carbons (Fsp3) is 0.500. The predicted octanol–water partition coefficient (Wildman–Crippen LogP) is 2.53. The Bertz CT molecular complexity index is 443. The molecule has 0 bridgehead atoms. The first-order valence-corrected chi connectivity index (χ1v) is 6.48. The van der Waals surface area contributed by atoms with Crippen LogP contribution in [0, 0.1) is 0 Å². The van der Waals surface area contributed by atoms with Gasteiger partial charge in [0.1, 0.15) is 0 Å². The van der Waals surface area contributed by atoms with Crippen molar-refractivity contribution < 1.29 is 23.7 Å². The van der Waals surface area contributed by atoms with Gasteiger partial charge in [0, 0.05) is 0 Å². The van der Waals surface area contributed by atoms with E-state index >= 15 is 0 Å². The first-order chi connectivity index (χ1) is 9.26. The Labute approximate surface area is 112 Å². The molecule has 19 heavy (non-hydrogen) atoms. The first-order valence-electron chi connectivity index (χ1n) is 6.48. The Morgan fingerprint density at radius 2 is 2.21 bits per heavy atom. The van der Waals surface area contributed by atoms with Crippen LogP contribution in [0.25, 0.3) is 0 Å². The molecule has 0 aromatic heterocycles. The lowest BCUT2D eigenvalue weighted by Crippen LogP contribution is -2.29. The van der Waals surface area contributed by atoms with Crippen molar-refractivity contribution >= 4 is 5.97 Å². The number of benzene rings is 1. The standard InChI is InChI=1S/C14H18O5/c1-3-8-16-14(15)10(4-2)19-12-7-5-6-11-13(12)18-9-17-11/h5-7,10H,3-4,8-9H2,1-2H3. The van der Waals surface area contributed by atoms with Crippen LogP contribution in [0.3, 0.4) is 0 Å². The number of hydrogen-bond acceptors (Lipinski definition) is 5. The van der Waals surface area contributed by atoms with Gasteiger partial charge in [-0.2, -0.15) is 0 Å². The van der Waals surface area contributed by atoms with E-state index in [0.717, 1.165) is 6.42 Å². The van der Waals surface area contributed by atoms with E-state index in [2.05, 4.69) is 0 Å². The minimum absolute atomic E-state index is 0.173. The van der Waals surface area contributed by atoms with Gasteiger partial charge < -0.3 is 18.9 Å². The Kier molecular flexibility index (Phi) is 4.49. The van der Waals surface area contributed by atoms with Crippen LogP contribution in [0.2, 0.25) is 0 Å². The molecule has 0 aliphatic carbocycles. The summed E-state index contributed by atoms with van der Waals surface area (Å²) in [6, 6.07) is 5.35. The third-order valence-corrected chi connectivity index (χ3v) is 2.71. The second kappa shape index (κ2) is 6.31. The third kappa shape index (κ3) is 3.10. The highest BCUT2D eigenvalue weighted by Crippen LogP contribution is 2.41. The van der Waals surface area contributed by atoms with Crippen molar-refractivity contribution in [1.82, 2.24) is 0 Å². The average Bonchev–Trinajstić information content (AvgIpc) is 2.91. The molecular formula is C14H18O5. The summed E-state index contributed by atoms with van der Waals surface area (Å²) >= 11 is 0. The second-order valence-electron chi connectivity index (χ2n) is 4.17. The highest BCUT2D eigenvalue weighted by atomic mass is 16.7. The van der Waals surface area contributed by atoms with Crippen LogP contribution in [-0.2, 0) is 9.53 Å². The normalized spacial score (nSPS) is 14.0. The largest absolute Gasteiger partial charge is 0.475 e. The number of rotatable bonds is 6. The van der Waals surface area contributed by atoms with Gasteiger partial charge in [0.25, 0.3) is 0 Å². The van der Waals surface area contributed by atoms with Crippen molar-refractivity contribution in [2.45, 2.75) is 32.8 Å². The van der Waals surface area contributed by atoms with E-state index in [1.165, 1.54) is 0 Å². The van der Waals surface area contributed by atoms with E-state index in [-0.39, 0.29) is 12.8 Å². The minimum Gasteiger partial charge on any atom is -0.475 e. The summed E-state index contributed by atoms with van der Waals surface area (Å²) in [7, 11) is 0. The summed E-state index contributed by atoms with van der Waals surface area (Å²) in [5.41, 5.74) is 0. The molecule has 104 valence electrons. The number of hydrogen-bond donors (Lipinski definition) is 0. The van der Waals surface area contributed by atoms with Gasteiger partial charge in [-0.1, -0.05) is 19.9 Å². The molecule has 1 atom stereocenters. The topological polar surface area (TPSA) is 54.0 Å². The van der Waals surface area contributed by atoms with E-state index in [0.29, 0.717) is 30.3 Å². The molecule has 2 rings (SSSR count). The van der Waals surface area contributed by atoms with Gasteiger partial charge in [-0.05, 0) is 25.0 Å². The number of para-hydroxylation sites is 1. The van der Waals surface area contributed by atoms with Crippen LogP contribution in [0.5, 0.6) is 17.2 Å². The minimum atomic E-state index is -0.623. The molecule has 0 saturated carbocycles. The van der Waals surface area contributed by atoms with Crippen molar-refractivity contribution in [3.63, 3.8) is 0 Å². The fourth-order valence-electron chi connectivity index (χ4n) is 1.74.